The van der Waals surface area contributed by atoms with Gasteiger partial charge in [0.15, 0.2) is 5.78 Å². The van der Waals surface area contributed by atoms with Gasteiger partial charge in [-0.2, -0.15) is 13.2 Å². The van der Waals surface area contributed by atoms with E-state index in [1.807, 2.05) is 0 Å². The highest BCUT2D eigenvalue weighted by molar-refractivity contribution is 6.33. The third-order valence-corrected chi connectivity index (χ3v) is 3.64. The van der Waals surface area contributed by atoms with Crippen LogP contribution in [0.4, 0.5) is 23.2 Å². The molecule has 0 radical (unpaired) electrons. The Labute approximate surface area is 145 Å². The number of hydrogen-bond donors (Lipinski definition) is 1. The SMILES string of the molecule is O=C(CCC(=O)c1ccc(F)cc1)Nc1cc(C(F)(F)F)ccc1Cl. The highest BCUT2D eigenvalue weighted by Crippen LogP contribution is 2.33. The van der Waals surface area contributed by atoms with Crippen LogP contribution < -0.4 is 5.32 Å². The molecule has 2 aromatic carbocycles. The van der Waals surface area contributed by atoms with Crippen LogP contribution in [0, 0.1) is 5.82 Å². The van der Waals surface area contributed by atoms with E-state index in [-0.39, 0.29) is 34.9 Å². The van der Waals surface area contributed by atoms with E-state index in [9.17, 15) is 27.2 Å². The van der Waals surface area contributed by atoms with E-state index in [0.29, 0.717) is 0 Å². The molecule has 0 bridgehead atoms. The van der Waals surface area contributed by atoms with Crippen LogP contribution in [0.2, 0.25) is 5.02 Å². The lowest BCUT2D eigenvalue weighted by Crippen LogP contribution is -2.15. The normalized spacial score (nSPS) is 11.2. The Kier molecular flexibility index (Phi) is 5.79. The molecule has 1 amide bonds. The van der Waals surface area contributed by atoms with Gasteiger partial charge in [0.1, 0.15) is 5.82 Å². The number of Topliss-reactive ketones (excluding diaryl/α,β-unsaturated/α-hetero) is 1. The van der Waals surface area contributed by atoms with Gasteiger partial charge in [0.25, 0.3) is 0 Å². The van der Waals surface area contributed by atoms with Gasteiger partial charge in [0.2, 0.25) is 5.91 Å². The van der Waals surface area contributed by atoms with Crippen molar-refractivity contribution in [3.05, 3.63) is 64.4 Å². The lowest BCUT2D eigenvalue weighted by molar-refractivity contribution is -0.137. The van der Waals surface area contributed by atoms with Crippen LogP contribution in [0.15, 0.2) is 42.5 Å². The van der Waals surface area contributed by atoms with Crippen molar-refractivity contribution in [1.82, 2.24) is 0 Å². The standard InChI is InChI=1S/C17H12ClF4NO2/c18-13-6-3-11(17(20,21)22)9-14(13)23-16(25)8-7-15(24)10-1-4-12(19)5-2-10/h1-6,9H,7-8H2,(H,23,25). The number of halogens is 5. The maximum atomic E-state index is 12.8. The molecule has 1 N–H and O–H groups in total. The number of alkyl halides is 3. The Morgan fingerprint density at radius 1 is 1.00 bits per heavy atom. The van der Waals surface area contributed by atoms with Gasteiger partial charge in [-0.3, -0.25) is 9.59 Å². The average molecular weight is 374 g/mol. The molecule has 0 aliphatic carbocycles. The number of anilines is 1. The number of carbonyl (C=O) groups is 2. The Morgan fingerprint density at radius 2 is 1.64 bits per heavy atom. The van der Waals surface area contributed by atoms with Crippen molar-refractivity contribution in [3.63, 3.8) is 0 Å². The van der Waals surface area contributed by atoms with Crippen molar-refractivity contribution >= 4 is 29.0 Å². The number of amides is 1. The summed E-state index contributed by atoms with van der Waals surface area (Å²) < 4.78 is 50.8. The fraction of sp³-hybridized carbons (Fsp3) is 0.176. The van der Waals surface area contributed by atoms with Crippen molar-refractivity contribution in [2.75, 3.05) is 5.32 Å². The minimum Gasteiger partial charge on any atom is -0.325 e. The monoisotopic (exact) mass is 373 g/mol. The number of rotatable bonds is 5. The first kappa shape index (κ1) is 18.9. The Morgan fingerprint density at radius 3 is 2.24 bits per heavy atom. The second-order valence-corrected chi connectivity index (χ2v) is 5.58. The molecule has 25 heavy (non-hydrogen) atoms. The molecule has 132 valence electrons. The van der Waals surface area contributed by atoms with Gasteiger partial charge in [-0.15, -0.1) is 0 Å². The first-order valence-electron chi connectivity index (χ1n) is 7.12. The van der Waals surface area contributed by atoms with Gasteiger partial charge in [0, 0.05) is 18.4 Å². The Bertz CT molecular complexity index is 788. The molecule has 0 aromatic heterocycles. The maximum absolute atomic E-state index is 12.8. The van der Waals surface area contributed by atoms with E-state index in [0.717, 1.165) is 30.3 Å². The van der Waals surface area contributed by atoms with E-state index in [1.54, 1.807) is 0 Å². The van der Waals surface area contributed by atoms with Crippen molar-refractivity contribution < 1.29 is 27.2 Å². The number of nitrogens with one attached hydrogen (secondary N) is 1. The summed E-state index contributed by atoms with van der Waals surface area (Å²) in [4.78, 5) is 23.7. The van der Waals surface area contributed by atoms with Crippen LogP contribution in [-0.2, 0) is 11.0 Å². The van der Waals surface area contributed by atoms with Gasteiger partial charge < -0.3 is 5.32 Å². The number of benzene rings is 2. The quantitative estimate of drug-likeness (QED) is 0.585. The van der Waals surface area contributed by atoms with Crippen molar-refractivity contribution in [1.29, 1.82) is 0 Å². The Balaban J connectivity index is 1.98. The summed E-state index contributed by atoms with van der Waals surface area (Å²) in [5, 5.41) is 2.21. The number of carbonyl (C=O) groups excluding carboxylic acids is 2. The van der Waals surface area contributed by atoms with Crippen LogP contribution in [0.25, 0.3) is 0 Å². The summed E-state index contributed by atoms with van der Waals surface area (Å²) in [7, 11) is 0. The predicted molar refractivity (Wildman–Crippen MR) is 85.0 cm³/mol. The van der Waals surface area contributed by atoms with E-state index in [2.05, 4.69) is 5.32 Å². The first-order chi connectivity index (χ1) is 11.7. The molecule has 0 heterocycles. The highest BCUT2D eigenvalue weighted by atomic mass is 35.5. The largest absolute Gasteiger partial charge is 0.416 e. The highest BCUT2D eigenvalue weighted by Gasteiger charge is 2.31. The molecule has 2 aromatic rings. The summed E-state index contributed by atoms with van der Waals surface area (Å²) in [6, 6.07) is 7.38. The molecule has 2 rings (SSSR count). The van der Waals surface area contributed by atoms with Crippen LogP contribution in [-0.4, -0.2) is 11.7 Å². The maximum Gasteiger partial charge on any atom is 0.416 e. The van der Waals surface area contributed by atoms with E-state index in [1.165, 1.54) is 12.1 Å². The average Bonchev–Trinajstić information content (AvgIpc) is 2.54. The van der Waals surface area contributed by atoms with Crippen molar-refractivity contribution in [2.24, 2.45) is 0 Å². The zero-order chi connectivity index (χ0) is 18.6. The molecular weight excluding hydrogens is 362 g/mol. The van der Waals surface area contributed by atoms with Crippen LogP contribution in [0.5, 0.6) is 0 Å². The molecule has 0 fully saturated rings. The van der Waals surface area contributed by atoms with Crippen LogP contribution in [0.3, 0.4) is 0 Å². The summed E-state index contributed by atoms with van der Waals surface area (Å²) in [5.74, 6) is -1.53. The molecule has 0 atom stereocenters. The third-order valence-electron chi connectivity index (χ3n) is 3.31. The zero-order valence-corrected chi connectivity index (χ0v) is 13.4. The molecule has 8 heteroatoms. The molecule has 0 unspecified atom stereocenters. The summed E-state index contributed by atoms with van der Waals surface area (Å²) in [5.41, 5.74) is -0.892. The molecule has 0 aliphatic rings. The molecule has 3 nitrogen and oxygen atoms in total. The second-order valence-electron chi connectivity index (χ2n) is 5.17. The second kappa shape index (κ2) is 7.65. The molecule has 0 spiro atoms. The minimum absolute atomic E-state index is 0.0498. The fourth-order valence-corrected chi connectivity index (χ4v) is 2.18. The minimum atomic E-state index is -4.57. The van der Waals surface area contributed by atoms with Crippen molar-refractivity contribution in [2.45, 2.75) is 19.0 Å². The molecular formula is C17H12ClF4NO2. The first-order valence-corrected chi connectivity index (χ1v) is 7.50. The van der Waals surface area contributed by atoms with E-state index in [4.69, 9.17) is 11.6 Å². The number of hydrogen-bond acceptors (Lipinski definition) is 2. The molecule has 0 aliphatic heterocycles. The van der Waals surface area contributed by atoms with Crippen molar-refractivity contribution in [3.8, 4) is 0 Å². The number of ketones is 1. The predicted octanol–water partition coefficient (Wildman–Crippen LogP) is 5.10. The third kappa shape index (κ3) is 5.29. The van der Waals surface area contributed by atoms with Gasteiger partial charge in [0.05, 0.1) is 16.3 Å². The molecule has 0 saturated carbocycles. The zero-order valence-electron chi connectivity index (χ0n) is 12.7. The van der Waals surface area contributed by atoms with Gasteiger partial charge in [-0.1, -0.05) is 11.6 Å². The topological polar surface area (TPSA) is 46.2 Å². The smallest absolute Gasteiger partial charge is 0.325 e. The summed E-state index contributed by atoms with van der Waals surface area (Å²) in [6.07, 6.45) is -4.99. The lowest BCUT2D eigenvalue weighted by atomic mass is 10.1. The molecule has 0 saturated heterocycles. The lowest BCUT2D eigenvalue weighted by Gasteiger charge is -2.11. The fourth-order valence-electron chi connectivity index (χ4n) is 2.02. The Hall–Kier alpha value is -2.41. The summed E-state index contributed by atoms with van der Waals surface area (Å²) >= 11 is 5.78. The van der Waals surface area contributed by atoms with Gasteiger partial charge in [-0.05, 0) is 42.5 Å². The van der Waals surface area contributed by atoms with Crippen LogP contribution >= 0.6 is 11.6 Å². The van der Waals surface area contributed by atoms with Gasteiger partial charge in [-0.25, -0.2) is 4.39 Å². The van der Waals surface area contributed by atoms with Gasteiger partial charge >= 0.3 is 6.18 Å². The summed E-state index contributed by atoms with van der Waals surface area (Å²) in [6.45, 7) is 0. The van der Waals surface area contributed by atoms with E-state index < -0.39 is 23.5 Å². The van der Waals surface area contributed by atoms with Crippen LogP contribution in [0.1, 0.15) is 28.8 Å². The van der Waals surface area contributed by atoms with E-state index >= 15 is 0 Å².